The van der Waals surface area contributed by atoms with E-state index in [0.29, 0.717) is 25.8 Å². The van der Waals surface area contributed by atoms with Crippen LogP contribution in [0.4, 0.5) is 0 Å². The quantitative estimate of drug-likeness (QED) is 0.599. The van der Waals surface area contributed by atoms with Crippen molar-refractivity contribution in [3.05, 3.63) is 12.7 Å². The number of rotatable bonds is 8. The first-order chi connectivity index (χ1) is 12.1. The predicted molar refractivity (Wildman–Crippen MR) is 96.8 cm³/mol. The van der Waals surface area contributed by atoms with Gasteiger partial charge in [0.15, 0.2) is 5.78 Å². The molecule has 8 heteroatoms. The molecule has 26 heavy (non-hydrogen) atoms. The number of hydrogen-bond acceptors (Lipinski definition) is 6. The molecule has 1 heterocycles. The molecule has 1 unspecified atom stereocenters. The summed E-state index contributed by atoms with van der Waals surface area (Å²) < 4.78 is 31.5. The molecular weight excluding hydrogens is 356 g/mol. The van der Waals surface area contributed by atoms with Gasteiger partial charge in [-0.05, 0) is 32.1 Å². The van der Waals surface area contributed by atoms with Crippen molar-refractivity contribution in [1.29, 1.82) is 0 Å². The average Bonchev–Trinajstić information content (AvgIpc) is 3.45. The number of nitrogens with one attached hydrogen (secondary N) is 2. The molecule has 0 bridgehead atoms. The number of ketones is 1. The molecule has 2 aliphatic carbocycles. The van der Waals surface area contributed by atoms with Crippen LogP contribution in [-0.2, 0) is 24.3 Å². The fourth-order valence-corrected chi connectivity index (χ4v) is 5.27. The van der Waals surface area contributed by atoms with Gasteiger partial charge in [0.2, 0.25) is 15.9 Å². The van der Waals surface area contributed by atoms with E-state index >= 15 is 0 Å². The van der Waals surface area contributed by atoms with E-state index in [2.05, 4.69) is 16.6 Å². The van der Waals surface area contributed by atoms with E-state index in [4.69, 9.17) is 4.74 Å². The van der Waals surface area contributed by atoms with E-state index < -0.39 is 26.1 Å². The number of Topliss-reactive ketones (excluding diaryl/α,β-unsaturated/α-hetero) is 1. The lowest BCUT2D eigenvalue weighted by Crippen LogP contribution is -2.45. The van der Waals surface area contributed by atoms with Crippen LogP contribution in [0.5, 0.6) is 0 Å². The van der Waals surface area contributed by atoms with E-state index in [1.54, 1.807) is 20.1 Å². The van der Waals surface area contributed by atoms with Gasteiger partial charge in [-0.15, -0.1) is 6.58 Å². The number of carbonyl (C=O) groups is 2. The maximum Gasteiger partial charge on any atom is 0.240 e. The Kier molecular flexibility index (Phi) is 4.82. The van der Waals surface area contributed by atoms with Gasteiger partial charge < -0.3 is 10.1 Å². The lowest BCUT2D eigenvalue weighted by molar-refractivity contribution is -0.131. The summed E-state index contributed by atoms with van der Waals surface area (Å²) in [7, 11) is -2.11. The van der Waals surface area contributed by atoms with E-state index in [-0.39, 0.29) is 36.2 Å². The Morgan fingerprint density at radius 2 is 2.04 bits per heavy atom. The third-order valence-electron chi connectivity index (χ3n) is 6.49. The second-order valence-electron chi connectivity index (χ2n) is 8.25. The number of carbonyl (C=O) groups excluding carboxylic acids is 2. The van der Waals surface area contributed by atoms with Crippen molar-refractivity contribution in [1.82, 2.24) is 10.0 Å². The maximum atomic E-state index is 12.8. The first-order valence-electron chi connectivity index (χ1n) is 9.08. The summed E-state index contributed by atoms with van der Waals surface area (Å²) in [6.07, 6.45) is 3.16. The monoisotopic (exact) mass is 384 g/mol. The summed E-state index contributed by atoms with van der Waals surface area (Å²) >= 11 is 0. The van der Waals surface area contributed by atoms with Crippen molar-refractivity contribution >= 4 is 21.7 Å². The zero-order chi connectivity index (χ0) is 19.3. The Morgan fingerprint density at radius 1 is 1.38 bits per heavy atom. The number of sulfonamides is 1. The highest BCUT2D eigenvalue weighted by Crippen LogP contribution is 2.57. The van der Waals surface area contributed by atoms with Crippen LogP contribution < -0.4 is 10.0 Å². The highest BCUT2D eigenvalue weighted by molar-refractivity contribution is 7.91. The number of amides is 1. The molecule has 3 rings (SSSR count). The highest BCUT2D eigenvalue weighted by atomic mass is 32.2. The molecule has 2 saturated carbocycles. The predicted octanol–water partition coefficient (Wildman–Crippen LogP) is 0.759. The van der Waals surface area contributed by atoms with Crippen LogP contribution in [0.15, 0.2) is 12.7 Å². The van der Waals surface area contributed by atoms with Gasteiger partial charge in [-0.1, -0.05) is 13.0 Å². The minimum absolute atomic E-state index is 0.00245. The molecule has 0 aromatic heterocycles. The zero-order valence-electron chi connectivity index (χ0n) is 15.6. The molecule has 3 aliphatic rings. The van der Waals surface area contributed by atoms with Crippen LogP contribution >= 0.6 is 0 Å². The molecule has 5 atom stereocenters. The van der Waals surface area contributed by atoms with Crippen LogP contribution in [0.25, 0.3) is 0 Å². The van der Waals surface area contributed by atoms with Gasteiger partial charge in [0, 0.05) is 26.0 Å². The third kappa shape index (κ3) is 3.12. The zero-order valence-corrected chi connectivity index (χ0v) is 16.4. The van der Waals surface area contributed by atoms with E-state index in [1.165, 1.54) is 0 Å². The van der Waals surface area contributed by atoms with Gasteiger partial charge >= 0.3 is 0 Å². The molecule has 3 fully saturated rings. The van der Waals surface area contributed by atoms with Crippen LogP contribution in [0.3, 0.4) is 0 Å². The van der Waals surface area contributed by atoms with E-state index in [1.807, 2.05) is 6.92 Å². The van der Waals surface area contributed by atoms with Crippen LogP contribution in [-0.4, -0.2) is 50.7 Å². The summed E-state index contributed by atoms with van der Waals surface area (Å²) in [5.74, 6) is -0.823. The Hall–Kier alpha value is -1.25. The normalized spacial score (nSPS) is 37.8. The fraction of sp³-hybridized carbons (Fsp3) is 0.778. The number of allylic oxidation sites excluding steroid dienone is 1. The average molecular weight is 384 g/mol. The van der Waals surface area contributed by atoms with Gasteiger partial charge in [-0.3, -0.25) is 14.3 Å². The summed E-state index contributed by atoms with van der Waals surface area (Å²) in [6, 6.07) is -0.381. The van der Waals surface area contributed by atoms with Crippen LogP contribution in [0.2, 0.25) is 0 Å². The number of hydrogen-bond donors (Lipinski definition) is 2. The lowest BCUT2D eigenvalue weighted by atomic mass is 9.88. The first kappa shape index (κ1) is 19.5. The molecular formula is C18H28N2O5S. The maximum absolute atomic E-state index is 12.8. The van der Waals surface area contributed by atoms with Crippen molar-refractivity contribution in [3.8, 4) is 0 Å². The summed E-state index contributed by atoms with van der Waals surface area (Å²) in [5.41, 5.74) is -0.996. The molecule has 1 aliphatic heterocycles. The van der Waals surface area contributed by atoms with Crippen LogP contribution in [0.1, 0.15) is 39.5 Å². The second kappa shape index (κ2) is 6.42. The Balaban J connectivity index is 1.72. The van der Waals surface area contributed by atoms with Gasteiger partial charge in [-0.2, -0.15) is 0 Å². The standard InChI is InChI=1S/C18H28N2O5S/c1-5-12-8-18(12,16(22)20-26(23,24)17(3)6-7-17)9-13(21)15-11(2)14(25-4)10-19-15/h5,11-12,14-15,19H,1,6-10H2,2-4H3,(H,20,22)/t11?,12-,14+,15+,18-/m1/s1. The largest absolute Gasteiger partial charge is 0.380 e. The van der Waals surface area contributed by atoms with E-state index in [9.17, 15) is 18.0 Å². The number of ether oxygens (including phenoxy) is 1. The lowest BCUT2D eigenvalue weighted by Gasteiger charge is -2.22. The number of methoxy groups -OCH3 is 1. The van der Waals surface area contributed by atoms with E-state index in [0.717, 1.165) is 0 Å². The second-order valence-corrected chi connectivity index (χ2v) is 10.4. The first-order valence-corrected chi connectivity index (χ1v) is 10.6. The summed E-state index contributed by atoms with van der Waals surface area (Å²) in [5, 5.41) is 3.16. The SMILES string of the molecule is C=C[C@@H]1C[C@]1(CC(=O)[C@H]1NC[C@H](OC)C1C)C(=O)NS(=O)(=O)C1(C)CC1. The Labute approximate surface area is 155 Å². The van der Waals surface area contributed by atoms with Crippen LogP contribution in [0, 0.1) is 17.3 Å². The minimum atomic E-state index is -3.72. The molecule has 0 aromatic rings. The summed E-state index contributed by atoms with van der Waals surface area (Å²) in [4.78, 5) is 25.6. The minimum Gasteiger partial charge on any atom is -0.380 e. The third-order valence-corrected chi connectivity index (χ3v) is 8.65. The van der Waals surface area contributed by atoms with Gasteiger partial charge in [0.1, 0.15) is 0 Å². The highest BCUT2D eigenvalue weighted by Gasteiger charge is 2.62. The van der Waals surface area contributed by atoms with Crippen molar-refractivity contribution in [2.75, 3.05) is 13.7 Å². The molecule has 2 N–H and O–H groups in total. The molecule has 0 aromatic carbocycles. The molecule has 146 valence electrons. The summed E-state index contributed by atoms with van der Waals surface area (Å²) in [6.45, 7) is 7.89. The van der Waals surface area contributed by atoms with Crippen molar-refractivity contribution in [3.63, 3.8) is 0 Å². The van der Waals surface area contributed by atoms with Crippen molar-refractivity contribution in [2.45, 2.75) is 56.4 Å². The molecule has 7 nitrogen and oxygen atoms in total. The molecule has 1 amide bonds. The van der Waals surface area contributed by atoms with Gasteiger partial charge in [-0.25, -0.2) is 8.42 Å². The molecule has 1 saturated heterocycles. The molecule has 0 radical (unpaired) electrons. The Morgan fingerprint density at radius 3 is 2.50 bits per heavy atom. The van der Waals surface area contributed by atoms with Crippen molar-refractivity contribution < 1.29 is 22.7 Å². The van der Waals surface area contributed by atoms with Gasteiger partial charge in [0.25, 0.3) is 0 Å². The fourth-order valence-electron chi connectivity index (χ4n) is 3.93. The van der Waals surface area contributed by atoms with Crippen molar-refractivity contribution in [2.24, 2.45) is 17.3 Å². The topological polar surface area (TPSA) is 102 Å². The smallest absolute Gasteiger partial charge is 0.240 e. The van der Waals surface area contributed by atoms with Gasteiger partial charge in [0.05, 0.1) is 22.3 Å². The Bertz CT molecular complexity index is 730. The molecule has 0 spiro atoms.